The fourth-order valence-electron chi connectivity index (χ4n) is 3.29. The minimum absolute atomic E-state index is 0.220. The first kappa shape index (κ1) is 23.0. The molecule has 2 aliphatic rings. The molecule has 2 heterocycles. The number of carbonyl (C=O) groups is 1. The van der Waals surface area contributed by atoms with E-state index in [1.54, 1.807) is 30.3 Å². The number of esters is 1. The van der Waals surface area contributed by atoms with Gasteiger partial charge >= 0.3 is 5.97 Å². The molecule has 1 aromatic rings. The Kier molecular flexibility index (Phi) is 7.74. The molecule has 30 heavy (non-hydrogen) atoms. The standard InChI is InChI=1S/C19H26O11/c20-6-10-13(21)14(22)11(7-27-10)29-19-17(25)16(24)15(23)12(30-19)8-28-18(26)9-4-2-1-3-5-9/h1-5,10-17,19-25H,6-8H2/t10-,11+,12+,13-,14+,15-,16-,17+,19-/m1/s1. The van der Waals surface area contributed by atoms with Gasteiger partial charge in [0, 0.05) is 0 Å². The highest BCUT2D eigenvalue weighted by molar-refractivity contribution is 5.89. The molecule has 2 fully saturated rings. The van der Waals surface area contributed by atoms with Crippen LogP contribution < -0.4 is 0 Å². The van der Waals surface area contributed by atoms with Crippen molar-refractivity contribution in [2.45, 2.75) is 55.1 Å². The molecule has 2 aliphatic heterocycles. The van der Waals surface area contributed by atoms with Gasteiger partial charge in [-0.15, -0.1) is 0 Å². The number of hydrogen-bond donors (Lipinski definition) is 6. The number of benzene rings is 1. The summed E-state index contributed by atoms with van der Waals surface area (Å²) >= 11 is 0. The second-order valence-corrected chi connectivity index (χ2v) is 7.19. The van der Waals surface area contributed by atoms with E-state index in [9.17, 15) is 30.3 Å². The van der Waals surface area contributed by atoms with Crippen molar-refractivity contribution in [3.05, 3.63) is 35.9 Å². The van der Waals surface area contributed by atoms with Crippen LogP contribution in [0, 0.1) is 0 Å². The molecule has 0 bridgehead atoms. The normalized spacial score (nSPS) is 39.5. The zero-order valence-corrected chi connectivity index (χ0v) is 15.9. The third kappa shape index (κ3) is 4.97. The van der Waals surface area contributed by atoms with Crippen LogP contribution in [-0.4, -0.2) is 112 Å². The van der Waals surface area contributed by atoms with Gasteiger partial charge in [0.2, 0.25) is 0 Å². The van der Waals surface area contributed by atoms with Gasteiger partial charge in [-0.05, 0) is 12.1 Å². The Balaban J connectivity index is 1.61. The maximum absolute atomic E-state index is 12.1. The van der Waals surface area contributed by atoms with Crippen molar-refractivity contribution in [3.8, 4) is 0 Å². The highest BCUT2D eigenvalue weighted by Gasteiger charge is 2.48. The van der Waals surface area contributed by atoms with Crippen molar-refractivity contribution in [2.24, 2.45) is 0 Å². The number of aliphatic hydroxyl groups is 6. The summed E-state index contributed by atoms with van der Waals surface area (Å²) in [5, 5.41) is 59.6. The number of aliphatic hydroxyl groups excluding tert-OH is 6. The summed E-state index contributed by atoms with van der Waals surface area (Å²) in [4.78, 5) is 12.1. The SMILES string of the molecule is O=C(OC[C@@H]1O[C@@H](O[C@H]2CO[C@H](CO)[C@@H](O)[C@H]2O)[C@@H](O)[C@H](O)[C@@H]1O)c1ccccc1. The Morgan fingerprint density at radius 1 is 0.933 bits per heavy atom. The summed E-state index contributed by atoms with van der Waals surface area (Å²) in [5.41, 5.74) is 0.283. The first-order chi connectivity index (χ1) is 14.3. The van der Waals surface area contributed by atoms with Gasteiger partial charge < -0.3 is 49.6 Å². The van der Waals surface area contributed by atoms with Crippen molar-refractivity contribution >= 4 is 5.97 Å². The molecule has 0 radical (unpaired) electrons. The quantitative estimate of drug-likeness (QED) is 0.256. The molecule has 0 unspecified atom stereocenters. The van der Waals surface area contributed by atoms with Gasteiger partial charge in [0.05, 0.1) is 18.8 Å². The Bertz CT molecular complexity index is 686. The van der Waals surface area contributed by atoms with E-state index in [1.807, 2.05) is 0 Å². The number of hydrogen-bond acceptors (Lipinski definition) is 11. The van der Waals surface area contributed by atoms with Crippen molar-refractivity contribution in [2.75, 3.05) is 19.8 Å². The summed E-state index contributed by atoms with van der Waals surface area (Å²) in [6, 6.07) is 8.12. The van der Waals surface area contributed by atoms with Crippen LogP contribution in [0.15, 0.2) is 30.3 Å². The van der Waals surface area contributed by atoms with E-state index in [2.05, 4.69) is 0 Å². The van der Waals surface area contributed by atoms with E-state index in [0.717, 1.165) is 0 Å². The molecular weight excluding hydrogens is 404 g/mol. The van der Waals surface area contributed by atoms with Crippen LogP contribution in [0.1, 0.15) is 10.4 Å². The molecule has 0 spiro atoms. The third-order valence-corrected chi connectivity index (χ3v) is 5.13. The van der Waals surface area contributed by atoms with Crippen molar-refractivity contribution in [3.63, 3.8) is 0 Å². The molecule has 2 saturated heterocycles. The largest absolute Gasteiger partial charge is 0.459 e. The van der Waals surface area contributed by atoms with Gasteiger partial charge in [0.1, 0.15) is 55.4 Å². The van der Waals surface area contributed by atoms with Gasteiger partial charge in [0.15, 0.2) is 6.29 Å². The first-order valence-electron chi connectivity index (χ1n) is 9.49. The Hall–Kier alpha value is -1.67. The van der Waals surface area contributed by atoms with Gasteiger partial charge in [-0.2, -0.15) is 0 Å². The third-order valence-electron chi connectivity index (χ3n) is 5.13. The van der Waals surface area contributed by atoms with E-state index in [1.165, 1.54) is 0 Å². The molecule has 168 valence electrons. The highest BCUT2D eigenvalue weighted by atomic mass is 16.7. The molecule has 1 aromatic carbocycles. The summed E-state index contributed by atoms with van der Waals surface area (Å²) in [6.45, 7) is -1.16. The summed E-state index contributed by atoms with van der Waals surface area (Å²) in [6.07, 6.45) is -12.7. The Morgan fingerprint density at radius 3 is 2.27 bits per heavy atom. The minimum Gasteiger partial charge on any atom is -0.459 e. The van der Waals surface area contributed by atoms with E-state index >= 15 is 0 Å². The number of carbonyl (C=O) groups excluding carboxylic acids is 1. The number of rotatable bonds is 6. The topological polar surface area (TPSA) is 175 Å². The molecule has 3 rings (SSSR count). The maximum atomic E-state index is 12.1. The van der Waals surface area contributed by atoms with Crippen LogP contribution in [0.25, 0.3) is 0 Å². The Morgan fingerprint density at radius 2 is 1.60 bits per heavy atom. The molecule has 0 aliphatic carbocycles. The second kappa shape index (κ2) is 10.1. The fraction of sp³-hybridized carbons (Fsp3) is 0.632. The summed E-state index contributed by atoms with van der Waals surface area (Å²) < 4.78 is 21.2. The lowest BCUT2D eigenvalue weighted by Gasteiger charge is -2.43. The van der Waals surface area contributed by atoms with Gasteiger partial charge in [0.25, 0.3) is 0 Å². The van der Waals surface area contributed by atoms with Crippen LogP contribution in [0.5, 0.6) is 0 Å². The molecule has 6 N–H and O–H groups in total. The Labute approximate surface area is 172 Å². The van der Waals surface area contributed by atoms with Gasteiger partial charge in [-0.1, -0.05) is 18.2 Å². The van der Waals surface area contributed by atoms with Gasteiger partial charge in [-0.3, -0.25) is 0 Å². The second-order valence-electron chi connectivity index (χ2n) is 7.19. The van der Waals surface area contributed by atoms with E-state index in [-0.39, 0.29) is 12.2 Å². The van der Waals surface area contributed by atoms with E-state index in [4.69, 9.17) is 24.1 Å². The zero-order valence-electron chi connectivity index (χ0n) is 15.9. The highest BCUT2D eigenvalue weighted by Crippen LogP contribution is 2.26. The van der Waals surface area contributed by atoms with Crippen molar-refractivity contribution in [1.82, 2.24) is 0 Å². The molecule has 0 saturated carbocycles. The molecular formula is C19H26O11. The number of ether oxygens (including phenoxy) is 4. The zero-order chi connectivity index (χ0) is 21.8. The van der Waals surface area contributed by atoms with Gasteiger partial charge in [-0.25, -0.2) is 4.79 Å². The lowest BCUT2D eigenvalue weighted by Crippen LogP contribution is -2.62. The van der Waals surface area contributed by atoms with Crippen molar-refractivity contribution < 1.29 is 54.4 Å². The first-order valence-corrected chi connectivity index (χ1v) is 9.49. The smallest absolute Gasteiger partial charge is 0.338 e. The van der Waals surface area contributed by atoms with Crippen LogP contribution >= 0.6 is 0 Å². The van der Waals surface area contributed by atoms with Crippen LogP contribution in [0.4, 0.5) is 0 Å². The van der Waals surface area contributed by atoms with Crippen LogP contribution in [0.3, 0.4) is 0 Å². The molecule has 11 nitrogen and oxygen atoms in total. The average molecular weight is 430 g/mol. The van der Waals surface area contributed by atoms with Crippen LogP contribution in [0.2, 0.25) is 0 Å². The lowest BCUT2D eigenvalue weighted by molar-refractivity contribution is -0.331. The van der Waals surface area contributed by atoms with Crippen molar-refractivity contribution in [1.29, 1.82) is 0 Å². The predicted octanol–water partition coefficient (Wildman–Crippen LogP) is -2.85. The molecule has 11 heteroatoms. The van der Waals surface area contributed by atoms with E-state index in [0.29, 0.717) is 0 Å². The minimum atomic E-state index is -1.68. The predicted molar refractivity (Wildman–Crippen MR) is 97.1 cm³/mol. The van der Waals surface area contributed by atoms with Crippen LogP contribution in [-0.2, 0) is 18.9 Å². The monoisotopic (exact) mass is 430 g/mol. The molecule has 9 atom stereocenters. The fourth-order valence-corrected chi connectivity index (χ4v) is 3.29. The summed E-state index contributed by atoms with van der Waals surface area (Å²) in [7, 11) is 0. The molecule has 0 amide bonds. The average Bonchev–Trinajstić information content (AvgIpc) is 2.76. The molecule has 0 aromatic heterocycles. The lowest BCUT2D eigenvalue weighted by atomic mass is 9.98. The maximum Gasteiger partial charge on any atom is 0.338 e. The summed E-state index contributed by atoms with van der Waals surface area (Å²) in [5.74, 6) is -0.668. The van der Waals surface area contributed by atoms with E-state index < -0.39 is 74.3 Å².